The van der Waals surface area contributed by atoms with Crippen molar-refractivity contribution in [1.82, 2.24) is 9.97 Å². The number of hydrogen-bond donors (Lipinski definition) is 2. The van der Waals surface area contributed by atoms with Crippen molar-refractivity contribution < 1.29 is 0 Å². The maximum atomic E-state index is 6.21. The molecule has 1 heterocycles. The van der Waals surface area contributed by atoms with Gasteiger partial charge < -0.3 is 11.1 Å². The maximum Gasteiger partial charge on any atom is 0.158 e. The predicted octanol–water partition coefficient (Wildman–Crippen LogP) is 4.72. The van der Waals surface area contributed by atoms with Crippen LogP contribution in [0.25, 0.3) is 0 Å². The summed E-state index contributed by atoms with van der Waals surface area (Å²) < 4.78 is 0.949. The molecule has 22 heavy (non-hydrogen) atoms. The molecule has 0 spiro atoms. The summed E-state index contributed by atoms with van der Waals surface area (Å²) in [5, 5.41) is 3.96. The highest BCUT2D eigenvalue weighted by Gasteiger charge is 2.10. The number of rotatable bonds is 4. The summed E-state index contributed by atoms with van der Waals surface area (Å²) in [4.78, 5) is 9.59. The third-order valence-corrected chi connectivity index (χ3v) is 4.65. The van der Waals surface area contributed by atoms with Crippen LogP contribution in [0, 0.1) is 0 Å². The molecule has 110 valence electrons. The molecular formula is C16H13BrN4S. The maximum absolute atomic E-state index is 6.21. The van der Waals surface area contributed by atoms with E-state index in [4.69, 9.17) is 5.73 Å². The molecule has 3 aromatic rings. The second-order valence-corrected chi connectivity index (χ2v) is 6.38. The van der Waals surface area contributed by atoms with Crippen molar-refractivity contribution in [3.8, 4) is 0 Å². The van der Waals surface area contributed by atoms with E-state index in [1.165, 1.54) is 18.1 Å². The van der Waals surface area contributed by atoms with Gasteiger partial charge in [0.05, 0.1) is 5.69 Å². The van der Waals surface area contributed by atoms with Gasteiger partial charge in [-0.25, -0.2) is 9.97 Å². The summed E-state index contributed by atoms with van der Waals surface area (Å²) >= 11 is 5.01. The van der Waals surface area contributed by atoms with Gasteiger partial charge in [-0.2, -0.15) is 0 Å². The minimum atomic E-state index is 0.534. The van der Waals surface area contributed by atoms with E-state index in [-0.39, 0.29) is 0 Å². The van der Waals surface area contributed by atoms with Crippen LogP contribution < -0.4 is 11.1 Å². The molecule has 0 fully saturated rings. The molecule has 0 unspecified atom stereocenters. The van der Waals surface area contributed by atoms with Crippen LogP contribution in [0.4, 0.5) is 17.2 Å². The minimum absolute atomic E-state index is 0.534. The van der Waals surface area contributed by atoms with Gasteiger partial charge in [0, 0.05) is 9.37 Å². The summed E-state index contributed by atoms with van der Waals surface area (Å²) in [7, 11) is 0. The molecule has 0 bridgehead atoms. The summed E-state index contributed by atoms with van der Waals surface area (Å²) in [5.41, 5.74) is 7.65. The fraction of sp³-hybridized carbons (Fsp3) is 0. The SMILES string of the molecule is Nc1c(Nc2ccccc2Br)ncnc1Sc1ccccc1. The topological polar surface area (TPSA) is 63.8 Å². The number of anilines is 3. The van der Waals surface area contributed by atoms with Gasteiger partial charge in [0.1, 0.15) is 17.0 Å². The Hall–Kier alpha value is -2.05. The first-order valence-corrected chi connectivity index (χ1v) is 8.20. The number of nitrogens with one attached hydrogen (secondary N) is 1. The van der Waals surface area contributed by atoms with E-state index in [1.54, 1.807) is 0 Å². The number of hydrogen-bond acceptors (Lipinski definition) is 5. The first kappa shape index (κ1) is 14.9. The molecule has 4 nitrogen and oxygen atoms in total. The van der Waals surface area contributed by atoms with Gasteiger partial charge in [-0.05, 0) is 40.2 Å². The fourth-order valence-corrected chi connectivity index (χ4v) is 3.06. The molecule has 0 atom stereocenters. The summed E-state index contributed by atoms with van der Waals surface area (Å²) in [6.07, 6.45) is 1.51. The fourth-order valence-electron chi connectivity index (χ4n) is 1.85. The van der Waals surface area contributed by atoms with Crippen molar-refractivity contribution in [2.75, 3.05) is 11.1 Å². The number of halogens is 1. The Kier molecular flexibility index (Phi) is 4.60. The van der Waals surface area contributed by atoms with Gasteiger partial charge in [0.25, 0.3) is 0 Å². The van der Waals surface area contributed by atoms with Crippen molar-refractivity contribution in [3.05, 3.63) is 65.4 Å². The van der Waals surface area contributed by atoms with Crippen molar-refractivity contribution in [3.63, 3.8) is 0 Å². The normalized spacial score (nSPS) is 10.4. The van der Waals surface area contributed by atoms with Gasteiger partial charge in [-0.15, -0.1) is 0 Å². The third kappa shape index (κ3) is 3.40. The number of para-hydroxylation sites is 1. The first-order valence-electron chi connectivity index (χ1n) is 6.59. The van der Waals surface area contributed by atoms with Crippen LogP contribution in [0.2, 0.25) is 0 Å². The van der Waals surface area contributed by atoms with Gasteiger partial charge in [0.15, 0.2) is 5.82 Å². The van der Waals surface area contributed by atoms with Crippen LogP contribution in [-0.4, -0.2) is 9.97 Å². The smallest absolute Gasteiger partial charge is 0.158 e. The Morgan fingerprint density at radius 1 is 0.955 bits per heavy atom. The molecule has 0 aliphatic carbocycles. The van der Waals surface area contributed by atoms with Crippen LogP contribution >= 0.6 is 27.7 Å². The Bertz CT molecular complexity index is 780. The van der Waals surface area contributed by atoms with Crippen molar-refractivity contribution in [2.45, 2.75) is 9.92 Å². The molecule has 3 N–H and O–H groups in total. The highest BCUT2D eigenvalue weighted by atomic mass is 79.9. The zero-order valence-corrected chi connectivity index (χ0v) is 13.9. The van der Waals surface area contributed by atoms with E-state index in [0.29, 0.717) is 11.5 Å². The summed E-state index contributed by atoms with van der Waals surface area (Å²) in [5.74, 6) is 0.598. The van der Waals surface area contributed by atoms with E-state index in [9.17, 15) is 0 Å². The van der Waals surface area contributed by atoms with E-state index < -0.39 is 0 Å². The molecule has 1 aromatic heterocycles. The monoisotopic (exact) mass is 372 g/mol. The zero-order valence-electron chi connectivity index (χ0n) is 11.5. The average molecular weight is 373 g/mol. The Morgan fingerprint density at radius 3 is 2.45 bits per heavy atom. The van der Waals surface area contributed by atoms with Crippen LogP contribution in [0.3, 0.4) is 0 Å². The number of benzene rings is 2. The Morgan fingerprint density at radius 2 is 1.68 bits per heavy atom. The van der Waals surface area contributed by atoms with Crippen molar-refractivity contribution >= 4 is 44.9 Å². The predicted molar refractivity (Wildman–Crippen MR) is 94.4 cm³/mol. The minimum Gasteiger partial charge on any atom is -0.394 e. The highest BCUT2D eigenvalue weighted by Crippen LogP contribution is 2.34. The molecule has 0 aliphatic heterocycles. The van der Waals surface area contributed by atoms with Crippen LogP contribution in [0.1, 0.15) is 0 Å². The molecule has 6 heteroatoms. The van der Waals surface area contributed by atoms with Crippen LogP contribution in [0.15, 0.2) is 75.3 Å². The average Bonchev–Trinajstić information content (AvgIpc) is 2.54. The summed E-state index contributed by atoms with van der Waals surface area (Å²) in [6.45, 7) is 0. The lowest BCUT2D eigenvalue weighted by Gasteiger charge is -2.11. The van der Waals surface area contributed by atoms with Crippen LogP contribution in [-0.2, 0) is 0 Å². The third-order valence-electron chi connectivity index (χ3n) is 2.93. The molecule has 3 rings (SSSR count). The molecular weight excluding hydrogens is 360 g/mol. The second kappa shape index (κ2) is 6.81. The first-order chi connectivity index (χ1) is 10.7. The zero-order chi connectivity index (χ0) is 15.4. The second-order valence-electron chi connectivity index (χ2n) is 4.46. The van der Waals surface area contributed by atoms with E-state index in [0.717, 1.165) is 20.1 Å². The number of nitrogens with zero attached hydrogens (tertiary/aromatic N) is 2. The van der Waals surface area contributed by atoms with Gasteiger partial charge in [-0.1, -0.05) is 42.1 Å². The highest BCUT2D eigenvalue weighted by molar-refractivity contribution is 9.10. The van der Waals surface area contributed by atoms with Crippen LogP contribution in [0.5, 0.6) is 0 Å². The lowest BCUT2D eigenvalue weighted by Crippen LogP contribution is -2.02. The van der Waals surface area contributed by atoms with Gasteiger partial charge in [-0.3, -0.25) is 0 Å². The summed E-state index contributed by atoms with van der Waals surface area (Å²) in [6, 6.07) is 17.8. The van der Waals surface area contributed by atoms with E-state index >= 15 is 0 Å². The number of nitrogen functional groups attached to an aromatic ring is 1. The van der Waals surface area contributed by atoms with Crippen molar-refractivity contribution in [1.29, 1.82) is 0 Å². The van der Waals surface area contributed by atoms with E-state index in [2.05, 4.69) is 31.2 Å². The van der Waals surface area contributed by atoms with Gasteiger partial charge in [0.2, 0.25) is 0 Å². The number of aromatic nitrogens is 2. The standard InChI is InChI=1S/C16H13BrN4S/c17-12-8-4-5-9-13(12)21-15-14(18)16(20-10-19-15)22-11-6-2-1-3-7-11/h1-10H,18H2,(H,19,20,21). The lowest BCUT2D eigenvalue weighted by atomic mass is 10.3. The largest absolute Gasteiger partial charge is 0.394 e. The molecule has 0 amide bonds. The Labute approximate surface area is 141 Å². The number of nitrogens with two attached hydrogens (primary N) is 1. The lowest BCUT2D eigenvalue weighted by molar-refractivity contribution is 1.06. The molecule has 0 saturated carbocycles. The van der Waals surface area contributed by atoms with Crippen molar-refractivity contribution in [2.24, 2.45) is 0 Å². The molecule has 0 radical (unpaired) electrons. The van der Waals surface area contributed by atoms with Gasteiger partial charge >= 0.3 is 0 Å². The molecule has 0 saturated heterocycles. The quantitative estimate of drug-likeness (QED) is 0.648. The molecule has 2 aromatic carbocycles. The Balaban J connectivity index is 1.88. The molecule has 0 aliphatic rings. The van der Waals surface area contributed by atoms with E-state index in [1.807, 2.05) is 54.6 Å².